The van der Waals surface area contributed by atoms with Gasteiger partial charge < -0.3 is 20.3 Å². The van der Waals surface area contributed by atoms with E-state index in [-0.39, 0.29) is 6.10 Å². The van der Waals surface area contributed by atoms with Crippen LogP contribution in [0.2, 0.25) is 0 Å². The lowest BCUT2D eigenvalue weighted by molar-refractivity contribution is 0.111. The summed E-state index contributed by atoms with van der Waals surface area (Å²) in [5.41, 5.74) is 4.73. The molecule has 1 saturated carbocycles. The van der Waals surface area contributed by atoms with Crippen LogP contribution in [-0.4, -0.2) is 61.9 Å². The van der Waals surface area contributed by atoms with Crippen molar-refractivity contribution in [3.05, 3.63) is 42.2 Å². The number of fused-ring (bicyclic) bond motifs is 1. The van der Waals surface area contributed by atoms with E-state index >= 15 is 0 Å². The second kappa shape index (κ2) is 11.5. The van der Waals surface area contributed by atoms with Crippen LogP contribution in [0, 0.1) is 0 Å². The van der Waals surface area contributed by atoms with Crippen LogP contribution >= 0.6 is 0 Å². The largest absolute Gasteiger partial charge is 0.393 e. The van der Waals surface area contributed by atoms with Crippen molar-refractivity contribution >= 4 is 17.0 Å². The number of aromatic nitrogens is 3. The van der Waals surface area contributed by atoms with Gasteiger partial charge in [0.25, 0.3) is 0 Å². The van der Waals surface area contributed by atoms with Gasteiger partial charge in [0.05, 0.1) is 6.10 Å². The maximum atomic E-state index is 10.1. The van der Waals surface area contributed by atoms with Gasteiger partial charge >= 0.3 is 0 Å². The van der Waals surface area contributed by atoms with Gasteiger partial charge in [-0.05, 0) is 64.0 Å². The van der Waals surface area contributed by atoms with Crippen LogP contribution in [0.4, 0.5) is 5.95 Å². The van der Waals surface area contributed by atoms with Crippen LogP contribution in [0.3, 0.4) is 0 Å². The average Bonchev–Trinajstić information content (AvgIpc) is 3.26. The maximum absolute atomic E-state index is 10.1. The van der Waals surface area contributed by atoms with Gasteiger partial charge in [-0.3, -0.25) is 4.90 Å². The Morgan fingerprint density at radius 1 is 1.14 bits per heavy atom. The minimum Gasteiger partial charge on any atom is -0.393 e. The molecule has 7 nitrogen and oxygen atoms in total. The quantitative estimate of drug-likeness (QED) is 0.383. The third-order valence-corrected chi connectivity index (χ3v) is 8.27. The first kappa shape index (κ1) is 26.1. The van der Waals surface area contributed by atoms with Gasteiger partial charge in [0.2, 0.25) is 5.95 Å². The van der Waals surface area contributed by atoms with E-state index in [1.54, 1.807) is 0 Å². The second-order valence-corrected chi connectivity index (χ2v) is 11.5. The van der Waals surface area contributed by atoms with Crippen LogP contribution < -0.4 is 10.6 Å². The third-order valence-electron chi connectivity index (χ3n) is 8.27. The van der Waals surface area contributed by atoms with Crippen molar-refractivity contribution in [2.75, 3.05) is 18.4 Å². The zero-order valence-electron chi connectivity index (χ0n) is 23.0. The lowest BCUT2D eigenvalue weighted by Gasteiger charge is -2.37. The predicted molar refractivity (Wildman–Crippen MR) is 152 cm³/mol. The van der Waals surface area contributed by atoms with E-state index in [0.717, 1.165) is 69.2 Å². The molecule has 0 radical (unpaired) electrons. The first-order valence-corrected chi connectivity index (χ1v) is 14.3. The SMILES string of the molecule is CCCC(C)Nc1ncc2c(-c3ccc(CN4C[C@H](C)NC[C@H]4C)cc3)cn([C@H]3CC[C@H](O)CC3)c2n1. The number of rotatable bonds is 8. The van der Waals surface area contributed by atoms with Crippen molar-refractivity contribution in [2.24, 2.45) is 0 Å². The number of aliphatic hydroxyl groups excluding tert-OH is 1. The fourth-order valence-electron chi connectivity index (χ4n) is 6.01. The summed E-state index contributed by atoms with van der Waals surface area (Å²) in [6, 6.07) is 10.8. The summed E-state index contributed by atoms with van der Waals surface area (Å²) in [6.45, 7) is 12.1. The summed E-state index contributed by atoms with van der Waals surface area (Å²) in [5.74, 6) is 0.699. The molecule has 3 N–H and O–H groups in total. The summed E-state index contributed by atoms with van der Waals surface area (Å²) in [7, 11) is 0. The molecular formula is C30H44N6O. The molecular weight excluding hydrogens is 460 g/mol. The molecule has 1 unspecified atom stereocenters. The van der Waals surface area contributed by atoms with Crippen LogP contribution in [0.15, 0.2) is 36.7 Å². The van der Waals surface area contributed by atoms with Crippen molar-refractivity contribution in [2.45, 2.75) is 103 Å². The number of nitrogens with one attached hydrogen (secondary N) is 2. The van der Waals surface area contributed by atoms with Crippen molar-refractivity contribution < 1.29 is 5.11 Å². The molecule has 3 aromatic rings. The molecule has 3 atom stereocenters. The molecule has 1 aromatic carbocycles. The Bertz CT molecular complexity index is 1170. The smallest absolute Gasteiger partial charge is 0.224 e. The van der Waals surface area contributed by atoms with Gasteiger partial charge in [-0.15, -0.1) is 0 Å². The zero-order valence-corrected chi connectivity index (χ0v) is 23.0. The number of anilines is 1. The van der Waals surface area contributed by atoms with Crippen LogP contribution in [0.5, 0.6) is 0 Å². The van der Waals surface area contributed by atoms with Crippen LogP contribution in [0.25, 0.3) is 22.2 Å². The Morgan fingerprint density at radius 2 is 1.89 bits per heavy atom. The molecule has 1 aliphatic heterocycles. The number of nitrogens with zero attached hydrogens (tertiary/aromatic N) is 4. The van der Waals surface area contributed by atoms with Gasteiger partial charge in [-0.2, -0.15) is 4.98 Å². The molecule has 37 heavy (non-hydrogen) atoms. The normalized spacial score (nSPS) is 25.9. The first-order valence-electron chi connectivity index (χ1n) is 14.3. The number of piperazine rings is 1. The average molecular weight is 505 g/mol. The minimum atomic E-state index is -0.173. The van der Waals surface area contributed by atoms with Crippen LogP contribution in [0.1, 0.15) is 77.8 Å². The van der Waals surface area contributed by atoms with E-state index in [1.807, 2.05) is 6.20 Å². The van der Waals surface area contributed by atoms with Gasteiger partial charge in [0.1, 0.15) is 5.65 Å². The van der Waals surface area contributed by atoms with Crippen molar-refractivity contribution in [3.63, 3.8) is 0 Å². The minimum absolute atomic E-state index is 0.173. The number of hydrogen-bond acceptors (Lipinski definition) is 6. The molecule has 0 spiro atoms. The fourth-order valence-corrected chi connectivity index (χ4v) is 6.01. The molecule has 2 fully saturated rings. The first-order chi connectivity index (χ1) is 17.9. The summed E-state index contributed by atoms with van der Waals surface area (Å²) >= 11 is 0. The molecule has 2 aliphatic rings. The zero-order chi connectivity index (χ0) is 25.9. The highest BCUT2D eigenvalue weighted by atomic mass is 16.3. The summed E-state index contributed by atoms with van der Waals surface area (Å²) in [4.78, 5) is 12.3. The Labute approximate surface area is 221 Å². The summed E-state index contributed by atoms with van der Waals surface area (Å²) in [5, 5.41) is 18.2. The molecule has 1 aliphatic carbocycles. The van der Waals surface area contributed by atoms with E-state index in [9.17, 15) is 5.11 Å². The third kappa shape index (κ3) is 6.00. The van der Waals surface area contributed by atoms with Crippen molar-refractivity contribution in [1.82, 2.24) is 24.8 Å². The molecule has 0 amide bonds. The highest BCUT2D eigenvalue weighted by Crippen LogP contribution is 2.37. The van der Waals surface area contributed by atoms with E-state index < -0.39 is 0 Å². The molecule has 1 saturated heterocycles. The summed E-state index contributed by atoms with van der Waals surface area (Å²) < 4.78 is 2.35. The number of hydrogen-bond donors (Lipinski definition) is 3. The van der Waals surface area contributed by atoms with Gasteiger partial charge in [0, 0.05) is 67.1 Å². The van der Waals surface area contributed by atoms with E-state index in [4.69, 9.17) is 9.97 Å². The highest BCUT2D eigenvalue weighted by Gasteiger charge is 2.25. The topological polar surface area (TPSA) is 78.2 Å². The summed E-state index contributed by atoms with van der Waals surface area (Å²) in [6.07, 6.45) is 9.96. The predicted octanol–water partition coefficient (Wildman–Crippen LogP) is 5.36. The maximum Gasteiger partial charge on any atom is 0.224 e. The molecule has 7 heteroatoms. The Morgan fingerprint density at radius 3 is 2.62 bits per heavy atom. The Kier molecular flexibility index (Phi) is 8.12. The lowest BCUT2D eigenvalue weighted by atomic mass is 9.93. The molecule has 5 rings (SSSR count). The standard InChI is InChI=1S/C30H44N6O/c1-5-6-20(2)33-30-32-16-27-28(19-36(29(27)34-30)25-11-13-26(37)14-12-25)24-9-7-23(8-10-24)18-35-17-21(3)31-15-22(35)4/h7-10,16,19-22,25-26,31,37H,5-6,11-15,17-18H2,1-4H3,(H,32,33,34)/t20?,21-,22+,25-,26-/m0/s1. The van der Waals surface area contributed by atoms with Gasteiger partial charge in [-0.25, -0.2) is 4.98 Å². The van der Waals surface area contributed by atoms with Gasteiger partial charge in [0.15, 0.2) is 0 Å². The van der Waals surface area contributed by atoms with Crippen molar-refractivity contribution in [3.8, 4) is 11.1 Å². The molecule has 200 valence electrons. The van der Waals surface area contributed by atoms with Crippen molar-refractivity contribution in [1.29, 1.82) is 0 Å². The highest BCUT2D eigenvalue weighted by molar-refractivity contribution is 5.94. The molecule has 2 aromatic heterocycles. The second-order valence-electron chi connectivity index (χ2n) is 11.5. The fraction of sp³-hybridized carbons (Fsp3) is 0.600. The Hall–Kier alpha value is -2.48. The van der Waals surface area contributed by atoms with E-state index in [2.05, 4.69) is 78.3 Å². The molecule has 0 bridgehead atoms. The van der Waals surface area contributed by atoms with E-state index in [1.165, 1.54) is 16.7 Å². The lowest BCUT2D eigenvalue weighted by Crippen LogP contribution is -2.53. The number of aliphatic hydroxyl groups is 1. The monoisotopic (exact) mass is 504 g/mol. The van der Waals surface area contributed by atoms with Gasteiger partial charge in [-0.1, -0.05) is 37.6 Å². The van der Waals surface area contributed by atoms with E-state index in [0.29, 0.717) is 30.1 Å². The molecule has 3 heterocycles. The Balaban J connectivity index is 1.44. The van der Waals surface area contributed by atoms with Crippen LogP contribution in [-0.2, 0) is 6.54 Å². The number of benzene rings is 1.